The number of hydrogen-bond donors (Lipinski definition) is 1. The third-order valence-corrected chi connectivity index (χ3v) is 7.29. The normalized spacial score (nSPS) is 43.8. The third kappa shape index (κ3) is 1.96. The van der Waals surface area contributed by atoms with Gasteiger partial charge >= 0.3 is 0 Å². The van der Waals surface area contributed by atoms with Crippen LogP contribution in [0, 0.1) is 23.7 Å². The molecule has 0 aliphatic heterocycles. The van der Waals surface area contributed by atoms with E-state index in [1.165, 1.54) is 62.5 Å². The third-order valence-electron chi connectivity index (χ3n) is 7.29. The average molecular weight is 282 g/mol. The van der Waals surface area contributed by atoms with Crippen molar-refractivity contribution in [3.63, 3.8) is 0 Å². The molecule has 0 heterocycles. The van der Waals surface area contributed by atoms with Gasteiger partial charge in [0.2, 0.25) is 0 Å². The molecular formula is C20H26O. The smallest absolute Gasteiger partial charge is 0.116 e. The van der Waals surface area contributed by atoms with Gasteiger partial charge in [-0.25, -0.2) is 0 Å². The van der Waals surface area contributed by atoms with Crippen LogP contribution >= 0.6 is 0 Å². The van der Waals surface area contributed by atoms with Gasteiger partial charge in [0.1, 0.15) is 5.75 Å². The van der Waals surface area contributed by atoms with Gasteiger partial charge in [-0.1, -0.05) is 18.9 Å². The van der Waals surface area contributed by atoms with E-state index in [-0.39, 0.29) is 0 Å². The second-order valence-corrected chi connectivity index (χ2v) is 8.42. The molecule has 4 saturated carbocycles. The molecule has 4 aliphatic carbocycles. The molecule has 0 spiro atoms. The van der Waals surface area contributed by atoms with Crippen LogP contribution in [0.4, 0.5) is 0 Å². The van der Waals surface area contributed by atoms with Gasteiger partial charge in [0.15, 0.2) is 0 Å². The second-order valence-electron chi connectivity index (χ2n) is 8.42. The molecule has 1 nitrogen and oxygen atoms in total. The summed E-state index contributed by atoms with van der Waals surface area (Å²) in [5, 5.41) is 10.3. The first kappa shape index (κ1) is 12.6. The first-order valence-electron chi connectivity index (χ1n) is 9.10. The molecule has 4 bridgehead atoms. The Labute approximate surface area is 127 Å². The quantitative estimate of drug-likeness (QED) is 0.790. The first-order chi connectivity index (χ1) is 10.3. The largest absolute Gasteiger partial charge is 0.508 e. The second kappa shape index (κ2) is 4.51. The molecular weight excluding hydrogens is 256 g/mol. The van der Waals surface area contributed by atoms with Crippen LogP contribution in [0.1, 0.15) is 74.3 Å². The van der Waals surface area contributed by atoms with E-state index in [1.54, 1.807) is 0 Å². The standard InChI is InChI=1S/C20H26O/c21-18-10-16(19-7-12-1-3-14(19)5-12)9-17(11-18)20-8-13-2-4-15(20)6-13/h9-15,19-21H,1-8H2. The Bertz CT molecular complexity index is 517. The molecule has 1 heteroatoms. The highest BCUT2D eigenvalue weighted by Crippen LogP contribution is 2.56. The van der Waals surface area contributed by atoms with Crippen molar-refractivity contribution in [2.75, 3.05) is 0 Å². The van der Waals surface area contributed by atoms with E-state index in [0.29, 0.717) is 5.75 Å². The van der Waals surface area contributed by atoms with Crippen molar-refractivity contribution in [3.05, 3.63) is 29.3 Å². The van der Waals surface area contributed by atoms with Crippen LogP contribution in [-0.2, 0) is 0 Å². The zero-order valence-electron chi connectivity index (χ0n) is 12.8. The summed E-state index contributed by atoms with van der Waals surface area (Å²) < 4.78 is 0. The molecule has 0 radical (unpaired) electrons. The Morgan fingerprint density at radius 1 is 0.667 bits per heavy atom. The Morgan fingerprint density at radius 3 is 1.57 bits per heavy atom. The maximum absolute atomic E-state index is 10.3. The SMILES string of the molecule is Oc1cc(C2CC3CCC2C3)cc(C2CC3CCC2C3)c1. The first-order valence-corrected chi connectivity index (χ1v) is 9.10. The molecule has 112 valence electrons. The van der Waals surface area contributed by atoms with Crippen molar-refractivity contribution in [1.29, 1.82) is 0 Å². The predicted molar refractivity (Wildman–Crippen MR) is 84.5 cm³/mol. The van der Waals surface area contributed by atoms with Crippen LogP contribution < -0.4 is 0 Å². The molecule has 6 unspecified atom stereocenters. The molecule has 0 aromatic heterocycles. The van der Waals surface area contributed by atoms with Gasteiger partial charge in [-0.2, -0.15) is 0 Å². The number of aromatic hydroxyl groups is 1. The van der Waals surface area contributed by atoms with Crippen molar-refractivity contribution >= 4 is 0 Å². The van der Waals surface area contributed by atoms with Gasteiger partial charge in [0, 0.05) is 0 Å². The van der Waals surface area contributed by atoms with E-state index in [2.05, 4.69) is 18.2 Å². The highest BCUT2D eigenvalue weighted by molar-refractivity contribution is 5.39. The number of fused-ring (bicyclic) bond motifs is 4. The van der Waals surface area contributed by atoms with Crippen LogP contribution in [0.15, 0.2) is 18.2 Å². The number of phenolic OH excluding ortho intramolecular Hbond substituents is 1. The maximum atomic E-state index is 10.3. The van der Waals surface area contributed by atoms with Crippen molar-refractivity contribution in [2.45, 2.75) is 63.2 Å². The monoisotopic (exact) mass is 282 g/mol. The van der Waals surface area contributed by atoms with E-state index < -0.39 is 0 Å². The van der Waals surface area contributed by atoms with E-state index in [0.717, 1.165) is 35.5 Å². The fourth-order valence-corrected chi connectivity index (χ4v) is 6.39. The molecule has 4 fully saturated rings. The number of rotatable bonds is 2. The number of hydrogen-bond acceptors (Lipinski definition) is 1. The molecule has 1 aromatic carbocycles. The molecule has 1 N–H and O–H groups in total. The lowest BCUT2D eigenvalue weighted by Crippen LogP contribution is -2.11. The molecule has 6 atom stereocenters. The van der Waals surface area contributed by atoms with Crippen LogP contribution in [0.25, 0.3) is 0 Å². The summed E-state index contributed by atoms with van der Waals surface area (Å²) in [6.07, 6.45) is 11.4. The van der Waals surface area contributed by atoms with E-state index in [1.807, 2.05) is 0 Å². The summed E-state index contributed by atoms with van der Waals surface area (Å²) in [5.41, 5.74) is 2.92. The molecule has 0 saturated heterocycles. The van der Waals surface area contributed by atoms with Gasteiger partial charge in [0.25, 0.3) is 0 Å². The molecule has 0 amide bonds. The lowest BCUT2D eigenvalue weighted by Gasteiger charge is -2.26. The fraction of sp³-hybridized carbons (Fsp3) is 0.700. The zero-order chi connectivity index (χ0) is 14.0. The summed E-state index contributed by atoms with van der Waals surface area (Å²) in [7, 11) is 0. The summed E-state index contributed by atoms with van der Waals surface area (Å²) in [5.74, 6) is 5.78. The zero-order valence-corrected chi connectivity index (χ0v) is 12.8. The summed E-state index contributed by atoms with van der Waals surface area (Å²) in [4.78, 5) is 0. The maximum Gasteiger partial charge on any atom is 0.116 e. The van der Waals surface area contributed by atoms with Gasteiger partial charge < -0.3 is 5.11 Å². The Morgan fingerprint density at radius 2 is 1.19 bits per heavy atom. The highest BCUT2D eigenvalue weighted by atomic mass is 16.3. The summed E-state index contributed by atoms with van der Waals surface area (Å²) in [6.45, 7) is 0. The van der Waals surface area contributed by atoms with Crippen LogP contribution in [0.2, 0.25) is 0 Å². The lowest BCUT2D eigenvalue weighted by molar-refractivity contribution is 0.406. The van der Waals surface area contributed by atoms with Crippen molar-refractivity contribution < 1.29 is 5.11 Å². The predicted octanol–water partition coefficient (Wildman–Crippen LogP) is 5.20. The van der Waals surface area contributed by atoms with Crippen LogP contribution in [0.5, 0.6) is 5.75 Å². The van der Waals surface area contributed by atoms with E-state index >= 15 is 0 Å². The number of phenols is 1. The Hall–Kier alpha value is -0.980. The Kier molecular flexibility index (Phi) is 2.69. The van der Waals surface area contributed by atoms with Crippen LogP contribution in [-0.4, -0.2) is 5.11 Å². The molecule has 21 heavy (non-hydrogen) atoms. The molecule has 1 aromatic rings. The average Bonchev–Trinajstić information content (AvgIpc) is 3.26. The number of benzene rings is 1. The summed E-state index contributed by atoms with van der Waals surface area (Å²) >= 11 is 0. The lowest BCUT2D eigenvalue weighted by atomic mass is 9.79. The van der Waals surface area contributed by atoms with E-state index in [4.69, 9.17) is 0 Å². The van der Waals surface area contributed by atoms with Crippen molar-refractivity contribution in [2.24, 2.45) is 23.7 Å². The minimum Gasteiger partial charge on any atom is -0.508 e. The van der Waals surface area contributed by atoms with Crippen molar-refractivity contribution in [3.8, 4) is 5.75 Å². The van der Waals surface area contributed by atoms with Gasteiger partial charge in [0.05, 0.1) is 0 Å². The van der Waals surface area contributed by atoms with Gasteiger partial charge in [-0.15, -0.1) is 0 Å². The minimum absolute atomic E-state index is 0.521. The fourth-order valence-electron chi connectivity index (χ4n) is 6.39. The van der Waals surface area contributed by atoms with Gasteiger partial charge in [-0.3, -0.25) is 0 Å². The topological polar surface area (TPSA) is 20.2 Å². The van der Waals surface area contributed by atoms with E-state index in [9.17, 15) is 5.11 Å². The van der Waals surface area contributed by atoms with Crippen molar-refractivity contribution in [1.82, 2.24) is 0 Å². The summed E-state index contributed by atoms with van der Waals surface area (Å²) in [6, 6.07) is 6.63. The molecule has 5 rings (SSSR count). The van der Waals surface area contributed by atoms with Crippen LogP contribution in [0.3, 0.4) is 0 Å². The highest BCUT2D eigenvalue weighted by Gasteiger charge is 2.42. The van der Waals surface area contributed by atoms with Gasteiger partial charge in [-0.05, 0) is 97.3 Å². The molecule has 4 aliphatic rings. The Balaban J connectivity index is 1.47. The minimum atomic E-state index is 0.521.